The number of thiocarbonyl (C=S) groups is 1. The van der Waals surface area contributed by atoms with Gasteiger partial charge in [-0.15, -0.1) is 11.8 Å². The number of rotatable bonds is 10. The Hall–Kier alpha value is -4.34. The molecule has 4 aromatic carbocycles. The smallest absolute Gasteiger partial charge is 0.270 e. The van der Waals surface area contributed by atoms with E-state index in [-0.39, 0.29) is 10.7 Å². The van der Waals surface area contributed by atoms with Crippen molar-refractivity contribution < 1.29 is 23.8 Å². The minimum Gasteiger partial charge on any atom is -0.497 e. The van der Waals surface area contributed by atoms with Crippen LogP contribution in [-0.2, 0) is 9.59 Å². The second-order valence-corrected chi connectivity index (χ2v) is 10.5. The van der Waals surface area contributed by atoms with Crippen molar-refractivity contribution in [3.05, 3.63) is 96.1 Å². The molecule has 0 atom stereocenters. The van der Waals surface area contributed by atoms with Gasteiger partial charge in [0.15, 0.2) is 16.6 Å². The molecule has 0 aliphatic carbocycles. The average molecular weight is 585 g/mol. The fraction of sp³-hybridized carbons (Fsp3) is 0.156. The summed E-state index contributed by atoms with van der Waals surface area (Å²) in [4.78, 5) is 28.6. The minimum atomic E-state index is -0.562. The third-order valence-electron chi connectivity index (χ3n) is 6.36. The standard InChI is InChI=1S/C32H28N2O5S2/c1-3-38-28-20-21(11-16-27(28)39-17-18-41-29-10-6-8-22-7-4-5-9-25(22)29)19-26-30(35)33-32(40)34(31(26)36)23-12-14-24(37-2)15-13-23/h4-16,19-20H,3,17-18H2,1-2H3,(H,33,35,40)/b26-19-. The number of ether oxygens (including phenoxy) is 3. The van der Waals surface area contributed by atoms with Crippen LogP contribution in [0.1, 0.15) is 12.5 Å². The van der Waals surface area contributed by atoms with Gasteiger partial charge in [0.1, 0.15) is 11.3 Å². The number of thioether (sulfide) groups is 1. The SMILES string of the molecule is CCOc1cc(/C=C2/C(=O)NC(=S)N(c3ccc(OC)cc3)C2=O)ccc1OCCSc1cccc2ccccc12. The Balaban J connectivity index is 1.30. The van der Waals surface area contributed by atoms with E-state index >= 15 is 0 Å². The molecule has 0 radical (unpaired) electrons. The minimum absolute atomic E-state index is 0.0161. The molecule has 0 spiro atoms. The maximum atomic E-state index is 13.4. The van der Waals surface area contributed by atoms with Crippen LogP contribution >= 0.6 is 24.0 Å². The third kappa shape index (κ3) is 6.37. The first-order chi connectivity index (χ1) is 20.0. The predicted molar refractivity (Wildman–Crippen MR) is 167 cm³/mol. The number of benzene rings is 4. The molecule has 1 N–H and O–H groups in total. The summed E-state index contributed by atoms with van der Waals surface area (Å²) in [6.45, 7) is 2.79. The number of nitrogens with one attached hydrogen (secondary N) is 1. The van der Waals surface area contributed by atoms with Gasteiger partial charge in [0.05, 0.1) is 26.0 Å². The van der Waals surface area contributed by atoms with Crippen molar-refractivity contribution in [2.45, 2.75) is 11.8 Å². The van der Waals surface area contributed by atoms with Crippen molar-refractivity contribution in [3.8, 4) is 17.2 Å². The Kier molecular flexibility index (Phi) is 8.86. The van der Waals surface area contributed by atoms with Crippen LogP contribution in [0.15, 0.2) is 95.4 Å². The van der Waals surface area contributed by atoms with E-state index in [0.717, 1.165) is 5.75 Å². The first kappa shape index (κ1) is 28.2. The van der Waals surface area contributed by atoms with Crippen LogP contribution in [0.2, 0.25) is 0 Å². The van der Waals surface area contributed by atoms with Crippen LogP contribution in [0.4, 0.5) is 5.69 Å². The van der Waals surface area contributed by atoms with Crippen LogP contribution in [0.5, 0.6) is 17.2 Å². The van der Waals surface area contributed by atoms with Gasteiger partial charge in [-0.2, -0.15) is 0 Å². The van der Waals surface area contributed by atoms with Crippen LogP contribution in [0, 0.1) is 0 Å². The van der Waals surface area contributed by atoms with Crippen LogP contribution in [-0.4, -0.2) is 43.0 Å². The Morgan fingerprint density at radius 1 is 0.927 bits per heavy atom. The van der Waals surface area contributed by atoms with Crippen molar-refractivity contribution in [1.29, 1.82) is 0 Å². The zero-order valence-corrected chi connectivity index (χ0v) is 24.2. The van der Waals surface area contributed by atoms with Crippen molar-refractivity contribution in [2.75, 3.05) is 31.0 Å². The highest BCUT2D eigenvalue weighted by Crippen LogP contribution is 2.32. The largest absolute Gasteiger partial charge is 0.497 e. The van der Waals surface area contributed by atoms with Gasteiger partial charge in [-0.05, 0) is 84.0 Å². The first-order valence-electron chi connectivity index (χ1n) is 13.0. The fourth-order valence-corrected chi connectivity index (χ4v) is 5.60. The van der Waals surface area contributed by atoms with Crippen molar-refractivity contribution in [1.82, 2.24) is 5.32 Å². The van der Waals surface area contributed by atoms with Gasteiger partial charge in [0.2, 0.25) is 0 Å². The summed E-state index contributed by atoms with van der Waals surface area (Å²) in [5.41, 5.74) is 1.09. The van der Waals surface area contributed by atoms with E-state index in [0.29, 0.717) is 41.7 Å². The lowest BCUT2D eigenvalue weighted by Gasteiger charge is -2.29. The molecule has 1 fully saturated rings. The molecule has 41 heavy (non-hydrogen) atoms. The second-order valence-electron chi connectivity index (χ2n) is 8.97. The molecule has 1 saturated heterocycles. The Bertz CT molecular complexity index is 1630. The van der Waals surface area contributed by atoms with E-state index in [1.807, 2.05) is 19.1 Å². The maximum Gasteiger partial charge on any atom is 0.270 e. The number of methoxy groups -OCH3 is 1. The van der Waals surface area contributed by atoms with E-state index in [9.17, 15) is 9.59 Å². The molecule has 7 nitrogen and oxygen atoms in total. The van der Waals surface area contributed by atoms with E-state index in [2.05, 4.69) is 35.6 Å². The van der Waals surface area contributed by atoms with Crippen molar-refractivity contribution >= 4 is 63.4 Å². The monoisotopic (exact) mass is 584 g/mol. The molecule has 9 heteroatoms. The normalized spacial score (nSPS) is 14.3. The fourth-order valence-electron chi connectivity index (χ4n) is 4.42. The molecule has 0 saturated carbocycles. The van der Waals surface area contributed by atoms with Gasteiger partial charge < -0.3 is 14.2 Å². The number of fused-ring (bicyclic) bond motifs is 1. The Morgan fingerprint density at radius 3 is 2.49 bits per heavy atom. The van der Waals surface area contributed by atoms with Crippen LogP contribution in [0.3, 0.4) is 0 Å². The van der Waals surface area contributed by atoms with Crippen LogP contribution < -0.4 is 24.4 Å². The molecule has 1 aliphatic rings. The number of carbonyl (C=O) groups excluding carboxylic acids is 2. The molecule has 1 heterocycles. The lowest BCUT2D eigenvalue weighted by molar-refractivity contribution is -0.122. The van der Waals surface area contributed by atoms with E-state index < -0.39 is 11.8 Å². The quantitative estimate of drug-likeness (QED) is 0.0776. The topological polar surface area (TPSA) is 77.1 Å². The van der Waals surface area contributed by atoms with Gasteiger partial charge >= 0.3 is 0 Å². The van der Waals surface area contributed by atoms with Crippen LogP contribution in [0.25, 0.3) is 16.8 Å². The van der Waals surface area contributed by atoms with E-state index in [1.54, 1.807) is 61.3 Å². The van der Waals surface area contributed by atoms with Crippen molar-refractivity contribution in [2.24, 2.45) is 0 Å². The number of hydrogen-bond donors (Lipinski definition) is 1. The van der Waals surface area contributed by atoms with E-state index in [4.69, 9.17) is 26.4 Å². The van der Waals surface area contributed by atoms with Gasteiger partial charge in [-0.25, -0.2) is 0 Å². The zero-order valence-electron chi connectivity index (χ0n) is 22.6. The predicted octanol–water partition coefficient (Wildman–Crippen LogP) is 6.25. The van der Waals surface area contributed by atoms with Gasteiger partial charge in [0.25, 0.3) is 11.8 Å². The molecule has 0 bridgehead atoms. The van der Waals surface area contributed by atoms with Crippen molar-refractivity contribution in [3.63, 3.8) is 0 Å². The number of hydrogen-bond acceptors (Lipinski definition) is 7. The van der Waals surface area contributed by atoms with Gasteiger partial charge in [-0.1, -0.05) is 42.5 Å². The summed E-state index contributed by atoms with van der Waals surface area (Å²) in [7, 11) is 1.56. The highest BCUT2D eigenvalue weighted by molar-refractivity contribution is 7.99. The molecule has 1 aliphatic heterocycles. The molecular formula is C32H28N2O5S2. The Labute approximate surface area is 248 Å². The lowest BCUT2D eigenvalue weighted by Crippen LogP contribution is -2.54. The first-order valence-corrected chi connectivity index (χ1v) is 14.4. The zero-order chi connectivity index (χ0) is 28.8. The lowest BCUT2D eigenvalue weighted by atomic mass is 10.1. The highest BCUT2D eigenvalue weighted by Gasteiger charge is 2.34. The van der Waals surface area contributed by atoms with Gasteiger partial charge in [-0.3, -0.25) is 19.8 Å². The molecule has 5 rings (SSSR count). The summed E-state index contributed by atoms with van der Waals surface area (Å²) in [6, 6.07) is 26.8. The summed E-state index contributed by atoms with van der Waals surface area (Å²) in [6.07, 6.45) is 1.53. The number of anilines is 1. The van der Waals surface area contributed by atoms with E-state index in [1.165, 1.54) is 26.6 Å². The third-order valence-corrected chi connectivity index (χ3v) is 7.68. The maximum absolute atomic E-state index is 13.4. The molecule has 2 amide bonds. The number of carbonyl (C=O) groups is 2. The summed E-state index contributed by atoms with van der Waals surface area (Å²) in [5, 5.41) is 5.05. The highest BCUT2D eigenvalue weighted by atomic mass is 32.2. The van der Waals surface area contributed by atoms with Gasteiger partial charge in [0, 0.05) is 10.6 Å². The molecule has 0 aromatic heterocycles. The average Bonchev–Trinajstić information content (AvgIpc) is 2.99. The summed E-state index contributed by atoms with van der Waals surface area (Å²) < 4.78 is 17.1. The number of amides is 2. The summed E-state index contributed by atoms with van der Waals surface area (Å²) in [5.74, 6) is 1.43. The molecular weight excluding hydrogens is 556 g/mol. The summed E-state index contributed by atoms with van der Waals surface area (Å²) >= 11 is 7.03. The Morgan fingerprint density at radius 2 is 1.71 bits per heavy atom. The molecule has 0 unspecified atom stereocenters. The molecule has 4 aromatic rings. The molecule has 208 valence electrons. The second kappa shape index (κ2) is 12.9. The number of nitrogens with zero attached hydrogens (tertiary/aromatic N) is 1.